The Morgan fingerprint density at radius 2 is 1.67 bits per heavy atom. The number of nitrogens with zero attached hydrogens (tertiary/aromatic N) is 3. The van der Waals surface area contributed by atoms with Gasteiger partial charge in [0.15, 0.2) is 0 Å². The van der Waals surface area contributed by atoms with E-state index in [4.69, 9.17) is 0 Å². The molecular weight excluding hydrogens is 394 g/mol. The Balaban J connectivity index is 1.10. The first-order valence-electron chi connectivity index (χ1n) is 10.3. The number of anilines is 1. The van der Waals surface area contributed by atoms with Gasteiger partial charge in [0.2, 0.25) is 5.13 Å². The molecule has 2 saturated carbocycles. The minimum absolute atomic E-state index is 0.108. The monoisotopic (exact) mass is 415 g/mol. The van der Waals surface area contributed by atoms with Gasteiger partial charge in [0, 0.05) is 22.9 Å². The molecule has 0 atom stereocenters. The number of H-pyrrole nitrogens is 1. The van der Waals surface area contributed by atoms with Gasteiger partial charge in [-0.25, -0.2) is 5.10 Å². The van der Waals surface area contributed by atoms with Gasteiger partial charge in [-0.15, -0.1) is 10.2 Å². The van der Waals surface area contributed by atoms with E-state index in [-0.39, 0.29) is 5.56 Å². The van der Waals surface area contributed by atoms with Gasteiger partial charge in [0.1, 0.15) is 5.01 Å². The third-order valence-electron chi connectivity index (χ3n) is 6.60. The molecule has 2 heterocycles. The van der Waals surface area contributed by atoms with E-state index >= 15 is 0 Å². The Hall–Kier alpha value is -3.06. The number of hydrogen-bond acceptors (Lipinski definition) is 6. The molecule has 2 aliphatic rings. The van der Waals surface area contributed by atoms with Gasteiger partial charge < -0.3 is 5.32 Å². The largest absolute Gasteiger partial charge is 0.357 e. The molecule has 0 unspecified atom stereocenters. The molecule has 0 aliphatic heterocycles. The molecule has 0 saturated heterocycles. The second-order valence-electron chi connectivity index (χ2n) is 8.62. The summed E-state index contributed by atoms with van der Waals surface area (Å²) in [5, 5.41) is 22.9. The zero-order valence-electron chi connectivity index (χ0n) is 16.3. The summed E-state index contributed by atoms with van der Waals surface area (Å²) < 4.78 is 0. The van der Waals surface area contributed by atoms with Crippen LogP contribution in [0.1, 0.15) is 37.3 Å². The topological polar surface area (TPSA) is 83.6 Å². The second-order valence-corrected chi connectivity index (χ2v) is 9.59. The Labute approximate surface area is 177 Å². The maximum absolute atomic E-state index is 12.0. The highest BCUT2D eigenvalue weighted by molar-refractivity contribution is 7.18. The van der Waals surface area contributed by atoms with Crippen molar-refractivity contribution in [2.45, 2.75) is 37.6 Å². The van der Waals surface area contributed by atoms with Crippen LogP contribution < -0.4 is 10.9 Å². The van der Waals surface area contributed by atoms with Crippen molar-refractivity contribution in [3.8, 4) is 10.6 Å². The first-order valence-corrected chi connectivity index (χ1v) is 11.1. The summed E-state index contributed by atoms with van der Waals surface area (Å²) in [5.74, 6) is 0.430. The molecule has 2 aliphatic carbocycles. The lowest BCUT2D eigenvalue weighted by Crippen LogP contribution is -2.52. The molecule has 0 radical (unpaired) electrons. The minimum atomic E-state index is -0.108. The van der Waals surface area contributed by atoms with Crippen LogP contribution in [0.25, 0.3) is 21.3 Å². The van der Waals surface area contributed by atoms with Crippen LogP contribution in [0.5, 0.6) is 0 Å². The molecule has 2 fully saturated rings. The highest BCUT2D eigenvalue weighted by atomic mass is 32.1. The fourth-order valence-corrected chi connectivity index (χ4v) is 6.03. The van der Waals surface area contributed by atoms with Crippen LogP contribution in [0.2, 0.25) is 0 Å². The van der Waals surface area contributed by atoms with Crippen molar-refractivity contribution in [1.29, 1.82) is 0 Å². The van der Waals surface area contributed by atoms with Crippen molar-refractivity contribution < 1.29 is 0 Å². The molecule has 150 valence electrons. The Bertz CT molecular complexity index is 1270. The van der Waals surface area contributed by atoms with Gasteiger partial charge >= 0.3 is 0 Å². The van der Waals surface area contributed by atoms with Crippen molar-refractivity contribution in [1.82, 2.24) is 20.4 Å². The first-order chi connectivity index (χ1) is 14.7. The predicted octanol–water partition coefficient (Wildman–Crippen LogP) is 4.58. The molecular formula is C23H21N5OS. The number of aromatic nitrogens is 4. The van der Waals surface area contributed by atoms with Crippen molar-refractivity contribution in [3.05, 3.63) is 70.6 Å². The quantitative estimate of drug-likeness (QED) is 0.510. The highest BCUT2D eigenvalue weighted by Gasteiger charge is 2.54. The van der Waals surface area contributed by atoms with E-state index in [1.165, 1.54) is 0 Å². The minimum Gasteiger partial charge on any atom is -0.357 e. The van der Waals surface area contributed by atoms with Gasteiger partial charge in [-0.2, -0.15) is 5.10 Å². The van der Waals surface area contributed by atoms with E-state index in [1.54, 1.807) is 11.3 Å². The number of hydrogen-bond donors (Lipinski definition) is 2. The van der Waals surface area contributed by atoms with Crippen molar-refractivity contribution in [3.63, 3.8) is 0 Å². The number of rotatable bonds is 4. The Kier molecular flexibility index (Phi) is 3.99. The van der Waals surface area contributed by atoms with Gasteiger partial charge in [-0.05, 0) is 37.2 Å². The summed E-state index contributed by atoms with van der Waals surface area (Å²) in [5.41, 5.74) is 2.46. The van der Waals surface area contributed by atoms with E-state index in [0.29, 0.717) is 17.4 Å². The third-order valence-corrected chi connectivity index (χ3v) is 7.51. The maximum atomic E-state index is 12.0. The van der Waals surface area contributed by atoms with Gasteiger partial charge in [0.05, 0.1) is 11.1 Å². The van der Waals surface area contributed by atoms with Gasteiger partial charge in [-0.3, -0.25) is 4.79 Å². The molecule has 2 aromatic carbocycles. The van der Waals surface area contributed by atoms with E-state index < -0.39 is 0 Å². The molecule has 0 bridgehead atoms. The Morgan fingerprint density at radius 3 is 2.47 bits per heavy atom. The molecule has 0 amide bonds. The second kappa shape index (κ2) is 6.74. The average Bonchev–Trinajstić information content (AvgIpc) is 3.19. The molecule has 2 aromatic heterocycles. The van der Waals surface area contributed by atoms with Crippen LogP contribution in [-0.4, -0.2) is 26.4 Å². The number of benzene rings is 2. The SMILES string of the molecule is O=c1[nH]nc([C@H]2CC3(C[C@H](Nc4nnc(-c5ccccc5)s4)C3)C2)c2ccccc12. The van der Waals surface area contributed by atoms with Gasteiger partial charge in [-0.1, -0.05) is 59.9 Å². The molecule has 2 N–H and O–H groups in total. The van der Waals surface area contributed by atoms with E-state index in [9.17, 15) is 4.79 Å². The Morgan fingerprint density at radius 1 is 0.933 bits per heavy atom. The lowest BCUT2D eigenvalue weighted by atomic mass is 9.49. The normalized spacial score (nSPS) is 25.1. The van der Waals surface area contributed by atoms with Crippen LogP contribution in [-0.2, 0) is 0 Å². The van der Waals surface area contributed by atoms with Crippen LogP contribution in [0.15, 0.2) is 59.4 Å². The van der Waals surface area contributed by atoms with E-state index in [1.807, 2.05) is 42.5 Å². The molecule has 6 rings (SSSR count). The molecule has 1 spiro atoms. The van der Waals surface area contributed by atoms with Crippen LogP contribution in [0.3, 0.4) is 0 Å². The molecule has 30 heavy (non-hydrogen) atoms. The number of nitrogens with one attached hydrogen (secondary N) is 2. The highest BCUT2D eigenvalue weighted by Crippen LogP contribution is 2.62. The third kappa shape index (κ3) is 2.92. The van der Waals surface area contributed by atoms with E-state index in [0.717, 1.165) is 57.9 Å². The smallest absolute Gasteiger partial charge is 0.272 e. The predicted molar refractivity (Wildman–Crippen MR) is 119 cm³/mol. The molecule has 7 heteroatoms. The first kappa shape index (κ1) is 17.8. The average molecular weight is 416 g/mol. The van der Waals surface area contributed by atoms with E-state index in [2.05, 4.69) is 37.8 Å². The molecule has 6 nitrogen and oxygen atoms in total. The van der Waals surface area contributed by atoms with Crippen molar-refractivity contribution >= 4 is 27.2 Å². The summed E-state index contributed by atoms with van der Waals surface area (Å²) in [6.45, 7) is 0. The fraction of sp³-hybridized carbons (Fsp3) is 0.304. The fourth-order valence-electron chi connectivity index (χ4n) is 5.20. The number of aromatic amines is 1. The van der Waals surface area contributed by atoms with Crippen molar-refractivity contribution in [2.75, 3.05) is 5.32 Å². The summed E-state index contributed by atoms with van der Waals surface area (Å²) in [7, 11) is 0. The standard InChI is InChI=1S/C23H21N5OS/c29-20-18-9-5-4-8-17(18)19(25-26-20)15-10-23(11-15)12-16(13-23)24-22-28-27-21(30-22)14-6-2-1-3-7-14/h1-9,15-16H,10-13H2,(H,24,28)(H,26,29)/t15-,16-,23?. The van der Waals surface area contributed by atoms with Gasteiger partial charge in [0.25, 0.3) is 5.56 Å². The lowest BCUT2D eigenvalue weighted by molar-refractivity contribution is -0.00288. The van der Waals surface area contributed by atoms with Crippen LogP contribution >= 0.6 is 11.3 Å². The molecule has 4 aromatic rings. The number of fused-ring (bicyclic) bond motifs is 1. The maximum Gasteiger partial charge on any atom is 0.272 e. The lowest BCUT2D eigenvalue weighted by Gasteiger charge is -2.57. The zero-order chi connectivity index (χ0) is 20.1. The summed E-state index contributed by atoms with van der Waals surface area (Å²) in [6.07, 6.45) is 4.59. The van der Waals surface area contributed by atoms with Crippen LogP contribution in [0, 0.1) is 5.41 Å². The summed E-state index contributed by atoms with van der Waals surface area (Å²) >= 11 is 1.61. The summed E-state index contributed by atoms with van der Waals surface area (Å²) in [6, 6.07) is 18.4. The van der Waals surface area contributed by atoms with Crippen LogP contribution in [0.4, 0.5) is 5.13 Å². The zero-order valence-corrected chi connectivity index (χ0v) is 17.2. The van der Waals surface area contributed by atoms with Crippen molar-refractivity contribution in [2.24, 2.45) is 5.41 Å². The summed E-state index contributed by atoms with van der Waals surface area (Å²) in [4.78, 5) is 12.0.